The van der Waals surface area contributed by atoms with Crippen molar-refractivity contribution in [3.8, 4) is 0 Å². The van der Waals surface area contributed by atoms with Crippen molar-refractivity contribution >= 4 is 24.5 Å². The number of rotatable bonds is 2. The summed E-state index contributed by atoms with van der Waals surface area (Å²) in [6, 6.07) is 6.33. The second-order valence-corrected chi connectivity index (χ2v) is 4.21. The normalized spacial score (nSPS) is 13.1. The second-order valence-electron chi connectivity index (χ2n) is 3.69. The van der Waals surface area contributed by atoms with E-state index in [1.54, 1.807) is 0 Å². The van der Waals surface area contributed by atoms with Crippen molar-refractivity contribution < 1.29 is 4.58 Å². The zero-order valence-corrected chi connectivity index (χ0v) is 10.7. The molecule has 0 saturated carbocycles. The molecular weight excluding hydrogens is 202 g/mol. The summed E-state index contributed by atoms with van der Waals surface area (Å²) in [6.45, 7) is 6.23. The Morgan fingerprint density at radius 1 is 1.27 bits per heavy atom. The molecule has 15 heavy (non-hydrogen) atoms. The molecule has 80 valence electrons. The molecule has 0 aliphatic rings. The maximum atomic E-state index is 4.35. The van der Waals surface area contributed by atoms with Gasteiger partial charge in [-0.3, -0.25) is 0 Å². The molecule has 0 aromatic heterocycles. The molecule has 0 heterocycles. The zero-order chi connectivity index (χ0) is 11.4. The van der Waals surface area contributed by atoms with Crippen LogP contribution in [0.1, 0.15) is 18.1 Å². The number of thiol groups is 1. The number of benzene rings is 1. The lowest BCUT2D eigenvalue weighted by Crippen LogP contribution is -2.03. The minimum absolute atomic E-state index is 0.972. The summed E-state index contributed by atoms with van der Waals surface area (Å²) in [7, 11) is 2.05. The van der Waals surface area contributed by atoms with Crippen LogP contribution in [0.2, 0.25) is 0 Å². The summed E-state index contributed by atoms with van der Waals surface area (Å²) in [5.41, 5.74) is 3.82. The third kappa shape index (κ3) is 2.96. The highest BCUT2D eigenvalue weighted by Crippen LogP contribution is 2.21. The summed E-state index contributed by atoms with van der Waals surface area (Å²) < 4.78 is 2.12. The van der Waals surface area contributed by atoms with Crippen LogP contribution in [-0.4, -0.2) is 17.8 Å². The number of aryl methyl sites for hydroxylation is 2. The van der Waals surface area contributed by atoms with Crippen LogP contribution in [0.15, 0.2) is 29.2 Å². The number of hydrogen-bond acceptors (Lipinski definition) is 1. The van der Waals surface area contributed by atoms with E-state index in [1.165, 1.54) is 16.8 Å². The van der Waals surface area contributed by atoms with Gasteiger partial charge in [0.25, 0.3) is 0 Å². The van der Waals surface area contributed by atoms with E-state index < -0.39 is 0 Å². The Balaban J connectivity index is 3.22. The van der Waals surface area contributed by atoms with Gasteiger partial charge in [-0.25, -0.2) is 4.58 Å². The zero-order valence-electron chi connectivity index (χ0n) is 9.78. The summed E-state index contributed by atoms with van der Waals surface area (Å²) in [6.07, 6.45) is 4.01. The minimum atomic E-state index is 0.972. The first kappa shape index (κ1) is 12.1. The highest BCUT2D eigenvalue weighted by Gasteiger charge is 2.10. The van der Waals surface area contributed by atoms with E-state index in [9.17, 15) is 0 Å². The van der Waals surface area contributed by atoms with Crippen molar-refractivity contribution in [2.75, 3.05) is 7.05 Å². The highest BCUT2D eigenvalue weighted by atomic mass is 32.1. The molecule has 0 aliphatic carbocycles. The molecule has 0 N–H and O–H groups in total. The third-order valence-corrected chi connectivity index (χ3v) is 2.79. The van der Waals surface area contributed by atoms with Gasteiger partial charge in [0, 0.05) is 11.1 Å². The molecule has 0 bridgehead atoms. The molecule has 1 rings (SSSR count). The Morgan fingerprint density at radius 2 is 1.80 bits per heavy atom. The fourth-order valence-corrected chi connectivity index (χ4v) is 1.87. The molecule has 2 heteroatoms. The van der Waals surface area contributed by atoms with Crippen LogP contribution >= 0.6 is 12.6 Å². The molecular formula is C13H18NS+. The van der Waals surface area contributed by atoms with Crippen molar-refractivity contribution in [1.82, 2.24) is 0 Å². The molecule has 0 fully saturated rings. The molecule has 0 radical (unpaired) electrons. The van der Waals surface area contributed by atoms with Crippen molar-refractivity contribution in [3.63, 3.8) is 0 Å². The maximum absolute atomic E-state index is 4.35. The van der Waals surface area contributed by atoms with Gasteiger partial charge in [-0.15, -0.1) is 12.6 Å². The second kappa shape index (κ2) is 5.17. The monoisotopic (exact) mass is 220 g/mol. The van der Waals surface area contributed by atoms with Crippen LogP contribution in [0.4, 0.5) is 5.69 Å². The topological polar surface area (TPSA) is 3.01 Å². The third-order valence-electron chi connectivity index (χ3n) is 2.41. The van der Waals surface area contributed by atoms with Gasteiger partial charge in [-0.2, -0.15) is 0 Å². The minimum Gasteiger partial charge on any atom is -0.200 e. The summed E-state index contributed by atoms with van der Waals surface area (Å²) in [4.78, 5) is 0.972. The molecule has 0 atom stereocenters. The van der Waals surface area contributed by atoms with Crippen molar-refractivity contribution in [3.05, 3.63) is 40.3 Å². The van der Waals surface area contributed by atoms with Crippen LogP contribution in [0.5, 0.6) is 0 Å². The Morgan fingerprint density at radius 3 is 2.27 bits per heavy atom. The smallest absolute Gasteiger partial charge is 0.200 e. The van der Waals surface area contributed by atoms with E-state index >= 15 is 0 Å². The van der Waals surface area contributed by atoms with Gasteiger partial charge in [-0.05, 0) is 20.8 Å². The average molecular weight is 220 g/mol. The number of nitrogens with zero attached hydrogens (tertiary/aromatic N) is 1. The quantitative estimate of drug-likeness (QED) is 0.441. The van der Waals surface area contributed by atoms with Gasteiger partial charge in [0.2, 0.25) is 5.69 Å². The standard InChI is InChI=1S/C13H17NS/c1-5-12(15)9-14(4)13-10(2)7-6-8-11(13)3/h5-9H,1-4H3/p+1/b12-5-,14-9?. The number of allylic oxidation sites excluding steroid dienone is 2. The van der Waals surface area contributed by atoms with Gasteiger partial charge in [-0.1, -0.05) is 24.3 Å². The molecule has 0 amide bonds. The molecule has 1 nitrogen and oxygen atoms in total. The first-order valence-corrected chi connectivity index (χ1v) is 5.50. The largest absolute Gasteiger partial charge is 0.210 e. The lowest BCUT2D eigenvalue weighted by atomic mass is 10.1. The maximum Gasteiger partial charge on any atom is 0.210 e. The highest BCUT2D eigenvalue weighted by molar-refractivity contribution is 7.85. The lowest BCUT2D eigenvalue weighted by Gasteiger charge is -2.04. The van der Waals surface area contributed by atoms with Crippen LogP contribution in [0.3, 0.4) is 0 Å². The van der Waals surface area contributed by atoms with Gasteiger partial charge in [0.15, 0.2) is 6.21 Å². The predicted octanol–water partition coefficient (Wildman–Crippen LogP) is 3.48. The van der Waals surface area contributed by atoms with Crippen molar-refractivity contribution in [2.45, 2.75) is 20.8 Å². The summed E-state index contributed by atoms with van der Waals surface area (Å²) in [5.74, 6) is 0. The number of hydrogen-bond donors (Lipinski definition) is 1. The molecule has 0 spiro atoms. The molecule has 0 aliphatic heterocycles. The SMILES string of the molecule is C/C=C(\S)C=[N+](C)c1c(C)cccc1C. The van der Waals surface area contributed by atoms with E-state index in [0.717, 1.165) is 4.91 Å². The van der Waals surface area contributed by atoms with Gasteiger partial charge < -0.3 is 0 Å². The van der Waals surface area contributed by atoms with E-state index in [1.807, 2.05) is 19.2 Å². The van der Waals surface area contributed by atoms with Crippen molar-refractivity contribution in [1.29, 1.82) is 0 Å². The lowest BCUT2D eigenvalue weighted by molar-refractivity contribution is -0.399. The van der Waals surface area contributed by atoms with Crippen LogP contribution in [0.25, 0.3) is 0 Å². The van der Waals surface area contributed by atoms with E-state index in [4.69, 9.17) is 0 Å². The van der Waals surface area contributed by atoms with Crippen LogP contribution < -0.4 is 0 Å². The van der Waals surface area contributed by atoms with Crippen LogP contribution in [0, 0.1) is 13.8 Å². The van der Waals surface area contributed by atoms with Gasteiger partial charge in [0.1, 0.15) is 7.05 Å². The molecule has 0 unspecified atom stereocenters. The van der Waals surface area contributed by atoms with Gasteiger partial charge >= 0.3 is 0 Å². The summed E-state index contributed by atoms with van der Waals surface area (Å²) in [5, 5.41) is 0. The average Bonchev–Trinajstić information content (AvgIpc) is 2.17. The van der Waals surface area contributed by atoms with E-state index in [-0.39, 0.29) is 0 Å². The predicted molar refractivity (Wildman–Crippen MR) is 70.6 cm³/mol. The first-order chi connectivity index (χ1) is 7.06. The fraction of sp³-hybridized carbons (Fsp3) is 0.308. The fourth-order valence-electron chi connectivity index (χ4n) is 1.70. The molecule has 1 aromatic rings. The Labute approximate surface area is 97.6 Å². The molecule has 1 aromatic carbocycles. The van der Waals surface area contributed by atoms with Crippen LogP contribution in [-0.2, 0) is 0 Å². The van der Waals surface area contributed by atoms with E-state index in [0.29, 0.717) is 0 Å². The van der Waals surface area contributed by atoms with E-state index in [2.05, 4.69) is 56.3 Å². The first-order valence-electron chi connectivity index (χ1n) is 5.05. The van der Waals surface area contributed by atoms with Gasteiger partial charge in [0.05, 0.1) is 4.91 Å². The summed E-state index contributed by atoms with van der Waals surface area (Å²) >= 11 is 4.35. The van der Waals surface area contributed by atoms with Crippen molar-refractivity contribution in [2.24, 2.45) is 0 Å². The number of para-hydroxylation sites is 1. The Hall–Kier alpha value is -1.02. The Bertz CT molecular complexity index is 396. The molecule has 0 saturated heterocycles. The Kier molecular flexibility index (Phi) is 4.15.